The van der Waals surface area contributed by atoms with Gasteiger partial charge in [0.2, 0.25) is 0 Å². The molecule has 3 aromatic rings. The van der Waals surface area contributed by atoms with E-state index >= 15 is 0 Å². The van der Waals surface area contributed by atoms with Crippen molar-refractivity contribution >= 4 is 26.8 Å². The molecule has 27 heavy (non-hydrogen) atoms. The summed E-state index contributed by atoms with van der Waals surface area (Å²) in [5.41, 5.74) is 9.07. The second-order valence-corrected chi connectivity index (χ2v) is 8.02. The van der Waals surface area contributed by atoms with Crippen LogP contribution in [-0.4, -0.2) is 51.1 Å². The number of anilines is 1. The first-order chi connectivity index (χ1) is 12.9. The molecule has 0 saturated carbocycles. The lowest BCUT2D eigenvalue weighted by Crippen LogP contribution is -2.32. The number of nitrogens with zero attached hydrogens (tertiary/aromatic N) is 4. The summed E-state index contributed by atoms with van der Waals surface area (Å²) in [5, 5.41) is 15.1. The van der Waals surface area contributed by atoms with Crippen molar-refractivity contribution < 1.29 is 9.50 Å². The van der Waals surface area contributed by atoms with Gasteiger partial charge in [-0.05, 0) is 57.0 Å². The van der Waals surface area contributed by atoms with Gasteiger partial charge >= 0.3 is 0 Å². The van der Waals surface area contributed by atoms with E-state index in [1.807, 2.05) is 25.1 Å². The molecule has 0 amide bonds. The Hall–Kier alpha value is -2.19. The first kappa shape index (κ1) is 19.6. The van der Waals surface area contributed by atoms with Gasteiger partial charge < -0.3 is 15.7 Å². The number of aromatic nitrogens is 3. The standard InChI is InChI=1S/C13H14N4OS.C6H12FN/c1-3-8-4-7(2)5-9(18)11(8)17-6-10-12(16-17)15-13(14)19-10;1-8-4-2-3-6(7)5-8/h4-6,18H,3H2,1-2H3,(H2,14,15,16);6H,2-5H2,1H3. The number of thiazole rings is 1. The molecule has 1 atom stereocenters. The smallest absolute Gasteiger partial charge is 0.194 e. The SMILES string of the molecule is CCc1cc(C)cc(O)c1-n1cc2sc(N)nc2n1.CN1CCCC(F)C1. The van der Waals surface area contributed by atoms with Crippen molar-refractivity contribution in [2.24, 2.45) is 0 Å². The third-order valence-electron chi connectivity index (χ3n) is 4.58. The third kappa shape index (κ3) is 4.56. The van der Waals surface area contributed by atoms with Crippen LogP contribution in [0.4, 0.5) is 9.52 Å². The van der Waals surface area contributed by atoms with Crippen molar-refractivity contribution in [1.82, 2.24) is 19.7 Å². The fraction of sp³-hybridized carbons (Fsp3) is 0.474. The maximum atomic E-state index is 12.4. The predicted octanol–water partition coefficient (Wildman–Crippen LogP) is 3.69. The molecule has 6 nitrogen and oxygen atoms in total. The van der Waals surface area contributed by atoms with Gasteiger partial charge in [-0.15, -0.1) is 5.10 Å². The lowest BCUT2D eigenvalue weighted by Gasteiger charge is -2.24. The van der Waals surface area contributed by atoms with Gasteiger partial charge in [-0.1, -0.05) is 24.3 Å². The van der Waals surface area contributed by atoms with Crippen LogP contribution in [0.1, 0.15) is 30.9 Å². The lowest BCUT2D eigenvalue weighted by molar-refractivity contribution is 0.163. The average Bonchev–Trinajstić information content (AvgIpc) is 3.11. The molecule has 4 rings (SSSR count). The number of nitrogen functional groups attached to an aromatic ring is 1. The van der Waals surface area contributed by atoms with Crippen LogP contribution >= 0.6 is 11.3 Å². The Kier molecular flexibility index (Phi) is 5.96. The summed E-state index contributed by atoms with van der Waals surface area (Å²) < 4.78 is 15.0. The maximum absolute atomic E-state index is 12.4. The topological polar surface area (TPSA) is 80.2 Å². The molecule has 0 spiro atoms. The fourth-order valence-corrected chi connectivity index (χ4v) is 4.01. The first-order valence-electron chi connectivity index (χ1n) is 9.14. The normalized spacial score (nSPS) is 17.7. The Balaban J connectivity index is 0.000000221. The molecule has 0 aliphatic carbocycles. The quantitative estimate of drug-likeness (QED) is 0.696. The summed E-state index contributed by atoms with van der Waals surface area (Å²) in [5.74, 6) is 0.236. The number of phenols is 1. The average molecular weight is 392 g/mol. The van der Waals surface area contributed by atoms with Crippen LogP contribution in [0.15, 0.2) is 18.3 Å². The summed E-state index contributed by atoms with van der Waals surface area (Å²) in [4.78, 5) is 6.18. The molecule has 1 aliphatic rings. The van der Waals surface area contributed by atoms with E-state index in [0.717, 1.165) is 47.3 Å². The Morgan fingerprint density at radius 3 is 2.78 bits per heavy atom. The number of fused-ring (bicyclic) bond motifs is 1. The van der Waals surface area contributed by atoms with Crippen molar-refractivity contribution in [2.45, 2.75) is 39.3 Å². The van der Waals surface area contributed by atoms with Crippen LogP contribution in [0, 0.1) is 6.92 Å². The Labute approximate surface area is 162 Å². The molecule has 146 valence electrons. The summed E-state index contributed by atoms with van der Waals surface area (Å²) in [7, 11) is 1.96. The van der Waals surface area contributed by atoms with Gasteiger partial charge in [0.05, 0.1) is 10.9 Å². The largest absolute Gasteiger partial charge is 0.506 e. The number of hydrogen-bond acceptors (Lipinski definition) is 6. The van der Waals surface area contributed by atoms with E-state index in [4.69, 9.17) is 5.73 Å². The first-order valence-corrected chi connectivity index (χ1v) is 9.96. The second-order valence-electron chi connectivity index (χ2n) is 6.96. The van der Waals surface area contributed by atoms with Crippen LogP contribution in [0.3, 0.4) is 0 Å². The van der Waals surface area contributed by atoms with Gasteiger partial charge in [0.25, 0.3) is 0 Å². The number of benzene rings is 1. The van der Waals surface area contributed by atoms with E-state index in [1.54, 1.807) is 10.7 Å². The molecule has 2 aromatic heterocycles. The summed E-state index contributed by atoms with van der Waals surface area (Å²) in [6.07, 6.45) is 3.91. The monoisotopic (exact) mass is 391 g/mol. The molecule has 3 heterocycles. The number of nitrogens with two attached hydrogens (primary N) is 1. The predicted molar refractivity (Wildman–Crippen MR) is 109 cm³/mol. The Morgan fingerprint density at radius 1 is 1.41 bits per heavy atom. The van der Waals surface area contributed by atoms with Gasteiger partial charge in [0.15, 0.2) is 10.8 Å². The molecule has 0 bridgehead atoms. The zero-order chi connectivity index (χ0) is 19.6. The van der Waals surface area contributed by atoms with Crippen molar-refractivity contribution in [1.29, 1.82) is 0 Å². The molecule has 1 unspecified atom stereocenters. The highest BCUT2D eigenvalue weighted by molar-refractivity contribution is 7.21. The number of aryl methyl sites for hydroxylation is 2. The minimum atomic E-state index is -0.561. The highest BCUT2D eigenvalue weighted by atomic mass is 32.1. The number of likely N-dealkylation sites (tertiary alicyclic amines) is 1. The van der Waals surface area contributed by atoms with E-state index in [9.17, 15) is 9.50 Å². The van der Waals surface area contributed by atoms with Crippen LogP contribution in [0.2, 0.25) is 0 Å². The molecule has 1 aliphatic heterocycles. The molecule has 8 heteroatoms. The number of rotatable bonds is 2. The minimum Gasteiger partial charge on any atom is -0.506 e. The highest BCUT2D eigenvalue weighted by Crippen LogP contribution is 2.30. The van der Waals surface area contributed by atoms with E-state index in [-0.39, 0.29) is 5.75 Å². The zero-order valence-corrected chi connectivity index (χ0v) is 16.8. The van der Waals surface area contributed by atoms with Gasteiger partial charge in [0, 0.05) is 6.54 Å². The molecule has 0 radical (unpaired) electrons. The minimum absolute atomic E-state index is 0.236. The highest BCUT2D eigenvalue weighted by Gasteiger charge is 2.15. The van der Waals surface area contributed by atoms with E-state index in [2.05, 4.69) is 23.1 Å². The van der Waals surface area contributed by atoms with Crippen LogP contribution in [0.25, 0.3) is 16.0 Å². The van der Waals surface area contributed by atoms with Gasteiger partial charge in [-0.25, -0.2) is 9.07 Å². The van der Waals surface area contributed by atoms with Gasteiger partial charge in [-0.3, -0.25) is 0 Å². The van der Waals surface area contributed by atoms with E-state index in [1.165, 1.54) is 11.3 Å². The number of halogens is 1. The fourth-order valence-electron chi connectivity index (χ4n) is 3.32. The van der Waals surface area contributed by atoms with Crippen molar-refractivity contribution in [2.75, 3.05) is 25.9 Å². The van der Waals surface area contributed by atoms with E-state index < -0.39 is 6.17 Å². The van der Waals surface area contributed by atoms with Crippen molar-refractivity contribution in [3.8, 4) is 11.4 Å². The van der Waals surface area contributed by atoms with Crippen LogP contribution in [0.5, 0.6) is 5.75 Å². The molecule has 1 fully saturated rings. The number of phenolic OH excluding ortho intramolecular Hbond substituents is 1. The Morgan fingerprint density at radius 2 is 2.19 bits per heavy atom. The molecule has 3 N–H and O–H groups in total. The molecular formula is C19H26FN5OS. The number of piperidine rings is 1. The number of aromatic hydroxyl groups is 1. The van der Waals surface area contributed by atoms with Crippen molar-refractivity contribution in [3.63, 3.8) is 0 Å². The maximum Gasteiger partial charge on any atom is 0.194 e. The number of hydrogen-bond donors (Lipinski definition) is 2. The van der Waals surface area contributed by atoms with E-state index in [0.29, 0.717) is 17.3 Å². The van der Waals surface area contributed by atoms with Crippen LogP contribution in [-0.2, 0) is 6.42 Å². The second kappa shape index (κ2) is 8.22. The van der Waals surface area contributed by atoms with Gasteiger partial charge in [-0.2, -0.15) is 4.98 Å². The molecular weight excluding hydrogens is 365 g/mol. The van der Waals surface area contributed by atoms with Crippen molar-refractivity contribution in [3.05, 3.63) is 29.5 Å². The van der Waals surface area contributed by atoms with Crippen LogP contribution < -0.4 is 5.73 Å². The zero-order valence-electron chi connectivity index (χ0n) is 15.9. The molecule has 1 saturated heterocycles. The summed E-state index contributed by atoms with van der Waals surface area (Å²) >= 11 is 1.39. The lowest BCUT2D eigenvalue weighted by atomic mass is 10.1. The van der Waals surface area contributed by atoms with Gasteiger partial charge in [0.1, 0.15) is 17.6 Å². The Bertz CT molecular complexity index is 883. The summed E-state index contributed by atoms with van der Waals surface area (Å²) in [6.45, 7) is 5.73. The summed E-state index contributed by atoms with van der Waals surface area (Å²) in [6, 6.07) is 3.80. The molecule has 1 aromatic carbocycles. The third-order valence-corrected chi connectivity index (χ3v) is 5.39. The number of alkyl halides is 1.